The Kier molecular flexibility index (Phi) is 3.67. The summed E-state index contributed by atoms with van der Waals surface area (Å²) >= 11 is 5.83. The Morgan fingerprint density at radius 3 is 2.53 bits per heavy atom. The Morgan fingerprint density at radius 1 is 1.29 bits per heavy atom. The van der Waals surface area contributed by atoms with E-state index in [0.29, 0.717) is 13.1 Å². The highest BCUT2D eigenvalue weighted by atomic mass is 35.5. The third-order valence-corrected chi connectivity index (χ3v) is 5.15. The van der Waals surface area contributed by atoms with E-state index in [2.05, 4.69) is 9.88 Å². The molecule has 2 heterocycles. The van der Waals surface area contributed by atoms with Gasteiger partial charge in [0, 0.05) is 32.4 Å². The van der Waals surface area contributed by atoms with E-state index in [0.717, 1.165) is 13.1 Å². The Labute approximate surface area is 106 Å². The number of nitrogens with zero attached hydrogens (tertiary/aromatic N) is 3. The maximum atomic E-state index is 12.3. The largest absolute Gasteiger partial charge is 0.304 e. The van der Waals surface area contributed by atoms with Gasteiger partial charge in [0.15, 0.2) is 0 Å². The predicted molar refractivity (Wildman–Crippen MR) is 65.5 cm³/mol. The smallest absolute Gasteiger partial charge is 0.246 e. The number of aromatic nitrogens is 1. The van der Waals surface area contributed by atoms with Crippen LogP contribution in [0.5, 0.6) is 0 Å². The van der Waals surface area contributed by atoms with Crippen LogP contribution in [0.15, 0.2) is 23.2 Å². The molecule has 0 aromatic carbocycles. The minimum Gasteiger partial charge on any atom is -0.304 e. The molecule has 5 nitrogen and oxygen atoms in total. The average Bonchev–Trinajstić information content (AvgIpc) is 2.30. The van der Waals surface area contributed by atoms with E-state index in [1.165, 1.54) is 16.6 Å². The normalized spacial score (nSPS) is 19.4. The molecule has 1 aliphatic heterocycles. The molecule has 94 valence electrons. The van der Waals surface area contributed by atoms with Gasteiger partial charge in [0.1, 0.15) is 10.0 Å². The fraction of sp³-hybridized carbons (Fsp3) is 0.500. The molecular weight excluding hydrogens is 262 g/mol. The van der Waals surface area contributed by atoms with Gasteiger partial charge in [0.05, 0.1) is 0 Å². The van der Waals surface area contributed by atoms with Crippen LogP contribution in [0.4, 0.5) is 0 Å². The number of likely N-dealkylation sites (N-methyl/N-ethyl adjacent to an activating group) is 1. The standard InChI is InChI=1S/C10H14ClN3O2S/c1-13-5-7-14(8-6-13)17(15,16)9-3-2-4-12-10(9)11/h2-4H,5-8H2,1H3. The Balaban J connectivity index is 2.28. The van der Waals surface area contributed by atoms with Crippen molar-refractivity contribution in [2.45, 2.75) is 4.90 Å². The first-order valence-electron chi connectivity index (χ1n) is 5.31. The number of piperazine rings is 1. The zero-order chi connectivity index (χ0) is 12.5. The van der Waals surface area contributed by atoms with Gasteiger partial charge in [-0.05, 0) is 19.2 Å². The summed E-state index contributed by atoms with van der Waals surface area (Å²) in [5.74, 6) is 0. The van der Waals surface area contributed by atoms with Gasteiger partial charge in [0.25, 0.3) is 0 Å². The van der Waals surface area contributed by atoms with Crippen molar-refractivity contribution in [3.8, 4) is 0 Å². The van der Waals surface area contributed by atoms with Gasteiger partial charge in [-0.2, -0.15) is 4.31 Å². The summed E-state index contributed by atoms with van der Waals surface area (Å²) in [4.78, 5) is 5.99. The van der Waals surface area contributed by atoms with E-state index in [9.17, 15) is 8.42 Å². The Hall–Kier alpha value is -0.690. The number of hydrogen-bond acceptors (Lipinski definition) is 4. The molecule has 1 aromatic rings. The van der Waals surface area contributed by atoms with Gasteiger partial charge in [-0.1, -0.05) is 11.6 Å². The van der Waals surface area contributed by atoms with Gasteiger partial charge in [0.2, 0.25) is 10.0 Å². The molecule has 1 aromatic heterocycles. The third kappa shape index (κ3) is 2.60. The van der Waals surface area contributed by atoms with E-state index < -0.39 is 10.0 Å². The first-order chi connectivity index (χ1) is 8.01. The van der Waals surface area contributed by atoms with E-state index >= 15 is 0 Å². The van der Waals surface area contributed by atoms with Crippen molar-refractivity contribution in [1.82, 2.24) is 14.2 Å². The molecule has 17 heavy (non-hydrogen) atoms. The van der Waals surface area contributed by atoms with Crippen LogP contribution in [-0.2, 0) is 10.0 Å². The summed E-state index contributed by atoms with van der Waals surface area (Å²) in [6.45, 7) is 2.45. The summed E-state index contributed by atoms with van der Waals surface area (Å²) in [5, 5.41) is 0.0337. The number of pyridine rings is 1. The second kappa shape index (κ2) is 4.89. The van der Waals surface area contributed by atoms with Crippen LogP contribution < -0.4 is 0 Å². The summed E-state index contributed by atoms with van der Waals surface area (Å²) < 4.78 is 26.0. The lowest BCUT2D eigenvalue weighted by Crippen LogP contribution is -2.47. The minimum absolute atomic E-state index is 0.0337. The topological polar surface area (TPSA) is 53.5 Å². The summed E-state index contributed by atoms with van der Waals surface area (Å²) in [7, 11) is -1.53. The molecule has 2 rings (SSSR count). The molecule has 0 N–H and O–H groups in total. The number of halogens is 1. The zero-order valence-corrected chi connectivity index (χ0v) is 11.1. The van der Waals surface area contributed by atoms with Crippen LogP contribution in [0.3, 0.4) is 0 Å². The molecule has 0 saturated carbocycles. The maximum Gasteiger partial charge on any atom is 0.246 e. The molecule has 1 saturated heterocycles. The first kappa shape index (κ1) is 12.8. The number of rotatable bonds is 2. The van der Waals surface area contributed by atoms with Gasteiger partial charge in [-0.3, -0.25) is 0 Å². The molecule has 0 aliphatic carbocycles. The van der Waals surface area contributed by atoms with Crippen LogP contribution in [0, 0.1) is 0 Å². The van der Waals surface area contributed by atoms with E-state index in [-0.39, 0.29) is 10.0 Å². The fourth-order valence-corrected chi connectivity index (χ4v) is 3.58. The molecule has 0 atom stereocenters. The van der Waals surface area contributed by atoms with E-state index in [4.69, 9.17) is 11.6 Å². The van der Waals surface area contributed by atoms with Crippen molar-refractivity contribution in [2.75, 3.05) is 33.2 Å². The van der Waals surface area contributed by atoms with Crippen molar-refractivity contribution >= 4 is 21.6 Å². The molecule has 7 heteroatoms. The van der Waals surface area contributed by atoms with Gasteiger partial charge in [-0.25, -0.2) is 13.4 Å². The summed E-state index contributed by atoms with van der Waals surface area (Å²) in [6.07, 6.45) is 1.48. The highest BCUT2D eigenvalue weighted by Gasteiger charge is 2.29. The van der Waals surface area contributed by atoms with Gasteiger partial charge >= 0.3 is 0 Å². The van der Waals surface area contributed by atoms with Crippen molar-refractivity contribution < 1.29 is 8.42 Å². The van der Waals surface area contributed by atoms with Crippen molar-refractivity contribution in [3.63, 3.8) is 0 Å². The van der Waals surface area contributed by atoms with Crippen LogP contribution in [-0.4, -0.2) is 55.8 Å². The average molecular weight is 276 g/mol. The van der Waals surface area contributed by atoms with E-state index in [1.54, 1.807) is 6.07 Å². The summed E-state index contributed by atoms with van der Waals surface area (Å²) in [6, 6.07) is 3.07. The quantitative estimate of drug-likeness (QED) is 0.745. The lowest BCUT2D eigenvalue weighted by molar-refractivity contribution is 0.222. The molecule has 0 unspecified atom stereocenters. The molecular formula is C10H14ClN3O2S. The highest BCUT2D eigenvalue weighted by molar-refractivity contribution is 7.89. The number of sulfonamides is 1. The predicted octanol–water partition coefficient (Wildman–Crippen LogP) is 0.671. The SMILES string of the molecule is CN1CCN(S(=O)(=O)c2cccnc2Cl)CC1. The molecule has 1 fully saturated rings. The number of hydrogen-bond donors (Lipinski definition) is 0. The first-order valence-corrected chi connectivity index (χ1v) is 7.13. The molecule has 0 radical (unpaired) electrons. The van der Waals surface area contributed by atoms with Crippen molar-refractivity contribution in [1.29, 1.82) is 0 Å². The van der Waals surface area contributed by atoms with Crippen LogP contribution in [0.25, 0.3) is 0 Å². The molecule has 0 spiro atoms. The second-order valence-electron chi connectivity index (χ2n) is 4.00. The monoisotopic (exact) mass is 275 g/mol. The van der Waals surface area contributed by atoms with Crippen molar-refractivity contribution in [2.24, 2.45) is 0 Å². The maximum absolute atomic E-state index is 12.3. The minimum atomic E-state index is -3.50. The van der Waals surface area contributed by atoms with Crippen molar-refractivity contribution in [3.05, 3.63) is 23.5 Å². The van der Waals surface area contributed by atoms with Gasteiger partial charge in [-0.15, -0.1) is 0 Å². The lowest BCUT2D eigenvalue weighted by Gasteiger charge is -2.31. The third-order valence-electron chi connectivity index (χ3n) is 2.80. The molecule has 0 amide bonds. The van der Waals surface area contributed by atoms with Crippen LogP contribution in [0.1, 0.15) is 0 Å². The fourth-order valence-electron chi connectivity index (χ4n) is 1.73. The Morgan fingerprint density at radius 2 is 1.94 bits per heavy atom. The molecule has 1 aliphatic rings. The summed E-state index contributed by atoms with van der Waals surface area (Å²) in [5.41, 5.74) is 0. The van der Waals surface area contributed by atoms with Crippen LogP contribution in [0.2, 0.25) is 5.15 Å². The van der Waals surface area contributed by atoms with Gasteiger partial charge < -0.3 is 4.90 Å². The highest BCUT2D eigenvalue weighted by Crippen LogP contribution is 2.22. The molecule has 0 bridgehead atoms. The Bertz CT molecular complexity index is 498. The van der Waals surface area contributed by atoms with Crippen LogP contribution >= 0.6 is 11.6 Å². The lowest BCUT2D eigenvalue weighted by atomic mass is 10.4. The second-order valence-corrected chi connectivity index (χ2v) is 6.26. The zero-order valence-electron chi connectivity index (χ0n) is 9.50. The van der Waals surface area contributed by atoms with E-state index in [1.807, 2.05) is 7.05 Å².